The number of benzene rings is 1. The van der Waals surface area contributed by atoms with Gasteiger partial charge in [-0.1, -0.05) is 23.9 Å². The van der Waals surface area contributed by atoms with Gasteiger partial charge in [0.25, 0.3) is 0 Å². The number of hydrogen-bond donors (Lipinski definition) is 1. The van der Waals surface area contributed by atoms with Gasteiger partial charge in [0.2, 0.25) is 5.91 Å². The highest BCUT2D eigenvalue weighted by molar-refractivity contribution is 8.00. The molecule has 0 bridgehead atoms. The Labute approximate surface area is 147 Å². The first-order valence-electron chi connectivity index (χ1n) is 7.54. The SMILES string of the molecule is CCOc1ccccc1NC(=O)C(C)Sc1ccc(C(F)(F)F)cn1. The summed E-state index contributed by atoms with van der Waals surface area (Å²) in [4.78, 5) is 16.1. The van der Waals surface area contributed by atoms with Crippen LogP contribution in [0.25, 0.3) is 0 Å². The summed E-state index contributed by atoms with van der Waals surface area (Å²) in [5.74, 6) is 0.266. The van der Waals surface area contributed by atoms with Crippen LogP contribution in [0.3, 0.4) is 0 Å². The van der Waals surface area contributed by atoms with Crippen LogP contribution in [-0.4, -0.2) is 22.7 Å². The lowest BCUT2D eigenvalue weighted by molar-refractivity contribution is -0.137. The molecule has 1 unspecified atom stereocenters. The fourth-order valence-corrected chi connectivity index (χ4v) is 2.73. The third kappa shape index (κ3) is 5.38. The molecule has 1 amide bonds. The largest absolute Gasteiger partial charge is 0.492 e. The van der Waals surface area contributed by atoms with Crippen molar-refractivity contribution in [2.45, 2.75) is 30.3 Å². The predicted molar refractivity (Wildman–Crippen MR) is 90.8 cm³/mol. The van der Waals surface area contributed by atoms with Crippen LogP contribution in [0.2, 0.25) is 0 Å². The highest BCUT2D eigenvalue weighted by Crippen LogP contribution is 2.31. The quantitative estimate of drug-likeness (QED) is 0.754. The van der Waals surface area contributed by atoms with E-state index in [1.54, 1.807) is 31.2 Å². The molecule has 2 aromatic rings. The van der Waals surface area contributed by atoms with Crippen molar-refractivity contribution in [2.24, 2.45) is 0 Å². The average molecular weight is 370 g/mol. The number of hydrogen-bond acceptors (Lipinski definition) is 4. The van der Waals surface area contributed by atoms with Gasteiger partial charge in [-0.05, 0) is 38.1 Å². The summed E-state index contributed by atoms with van der Waals surface area (Å²) in [6.45, 7) is 3.96. The summed E-state index contributed by atoms with van der Waals surface area (Å²) in [5, 5.41) is 2.56. The second kappa shape index (κ2) is 8.24. The Balaban J connectivity index is 2.01. The summed E-state index contributed by atoms with van der Waals surface area (Å²) >= 11 is 1.08. The van der Waals surface area contributed by atoms with Crippen molar-refractivity contribution in [1.82, 2.24) is 4.98 Å². The van der Waals surface area contributed by atoms with Gasteiger partial charge in [0.1, 0.15) is 5.75 Å². The van der Waals surface area contributed by atoms with Crippen LogP contribution >= 0.6 is 11.8 Å². The molecule has 0 aliphatic heterocycles. The number of pyridine rings is 1. The van der Waals surface area contributed by atoms with Crippen LogP contribution in [0.5, 0.6) is 5.75 Å². The number of rotatable bonds is 6. The van der Waals surface area contributed by atoms with Gasteiger partial charge in [-0.15, -0.1) is 0 Å². The van der Waals surface area contributed by atoms with Gasteiger partial charge in [-0.2, -0.15) is 13.2 Å². The molecule has 1 N–H and O–H groups in total. The molecule has 4 nitrogen and oxygen atoms in total. The summed E-state index contributed by atoms with van der Waals surface area (Å²) in [6, 6.07) is 9.24. The fourth-order valence-electron chi connectivity index (χ4n) is 1.94. The van der Waals surface area contributed by atoms with Gasteiger partial charge in [0.15, 0.2) is 0 Å². The van der Waals surface area contributed by atoms with E-state index in [1.165, 1.54) is 6.07 Å². The van der Waals surface area contributed by atoms with Crippen molar-refractivity contribution in [2.75, 3.05) is 11.9 Å². The average Bonchev–Trinajstić information content (AvgIpc) is 2.56. The lowest BCUT2D eigenvalue weighted by atomic mass is 10.3. The maximum Gasteiger partial charge on any atom is 0.417 e. The number of aromatic nitrogens is 1. The second-order valence-electron chi connectivity index (χ2n) is 5.06. The molecule has 1 atom stereocenters. The molecule has 25 heavy (non-hydrogen) atoms. The van der Waals surface area contributed by atoms with Crippen molar-refractivity contribution in [3.63, 3.8) is 0 Å². The van der Waals surface area contributed by atoms with Crippen molar-refractivity contribution >= 4 is 23.4 Å². The van der Waals surface area contributed by atoms with E-state index in [0.717, 1.165) is 24.0 Å². The third-order valence-electron chi connectivity index (χ3n) is 3.18. The number of ether oxygens (including phenoxy) is 1. The van der Waals surface area contributed by atoms with E-state index in [1.807, 2.05) is 6.92 Å². The Morgan fingerprint density at radius 2 is 2.00 bits per heavy atom. The minimum Gasteiger partial charge on any atom is -0.492 e. The molecule has 0 spiro atoms. The van der Waals surface area contributed by atoms with Gasteiger partial charge < -0.3 is 10.1 Å². The topological polar surface area (TPSA) is 51.2 Å². The predicted octanol–water partition coefficient (Wildman–Crippen LogP) is 4.62. The summed E-state index contributed by atoms with van der Waals surface area (Å²) in [6.07, 6.45) is -3.67. The summed E-state index contributed by atoms with van der Waals surface area (Å²) < 4.78 is 43.0. The molecule has 1 aromatic heterocycles. The van der Waals surface area contributed by atoms with E-state index in [0.29, 0.717) is 23.1 Å². The Bertz CT molecular complexity index is 721. The van der Waals surface area contributed by atoms with Crippen LogP contribution in [0.1, 0.15) is 19.4 Å². The molecule has 0 saturated carbocycles. The minimum atomic E-state index is -4.43. The Morgan fingerprint density at radius 1 is 1.28 bits per heavy atom. The number of amides is 1. The van der Waals surface area contributed by atoms with Crippen molar-refractivity contribution < 1.29 is 22.7 Å². The second-order valence-corrected chi connectivity index (χ2v) is 6.42. The van der Waals surface area contributed by atoms with Gasteiger partial charge in [-0.3, -0.25) is 4.79 Å². The van der Waals surface area contributed by atoms with Crippen LogP contribution in [0.15, 0.2) is 47.6 Å². The van der Waals surface area contributed by atoms with Gasteiger partial charge >= 0.3 is 6.18 Å². The number of alkyl halides is 3. The number of carbonyl (C=O) groups excluding carboxylic acids is 1. The number of nitrogens with zero attached hydrogens (tertiary/aromatic N) is 1. The van der Waals surface area contributed by atoms with Crippen molar-refractivity contribution in [3.8, 4) is 5.75 Å². The van der Waals surface area contributed by atoms with E-state index < -0.39 is 17.0 Å². The van der Waals surface area contributed by atoms with Crippen LogP contribution < -0.4 is 10.1 Å². The van der Waals surface area contributed by atoms with Crippen molar-refractivity contribution in [1.29, 1.82) is 0 Å². The first-order chi connectivity index (χ1) is 11.8. The first kappa shape index (κ1) is 19.1. The Hall–Kier alpha value is -2.22. The van der Waals surface area contributed by atoms with Gasteiger partial charge in [0.05, 0.1) is 28.1 Å². The van der Waals surface area contributed by atoms with Crippen molar-refractivity contribution in [3.05, 3.63) is 48.2 Å². The zero-order chi connectivity index (χ0) is 18.4. The number of thioether (sulfide) groups is 1. The maximum atomic E-state index is 12.5. The fraction of sp³-hybridized carbons (Fsp3) is 0.294. The molecule has 8 heteroatoms. The van der Waals surface area contributed by atoms with E-state index in [9.17, 15) is 18.0 Å². The summed E-state index contributed by atoms with van der Waals surface area (Å²) in [5.41, 5.74) is -0.276. The molecule has 134 valence electrons. The molecule has 1 aromatic carbocycles. The normalized spacial score (nSPS) is 12.5. The highest BCUT2D eigenvalue weighted by atomic mass is 32.2. The molecule has 2 rings (SSSR count). The van der Waals surface area contributed by atoms with Gasteiger partial charge in [0, 0.05) is 6.20 Å². The van der Waals surface area contributed by atoms with E-state index in [2.05, 4.69) is 10.3 Å². The Kier molecular flexibility index (Phi) is 6.30. The number of halogens is 3. The molecule has 0 aliphatic carbocycles. The molecular formula is C17H17F3N2O2S. The smallest absolute Gasteiger partial charge is 0.417 e. The monoisotopic (exact) mass is 370 g/mol. The molecule has 0 fully saturated rings. The lowest BCUT2D eigenvalue weighted by Crippen LogP contribution is -2.23. The first-order valence-corrected chi connectivity index (χ1v) is 8.41. The number of anilines is 1. The molecule has 0 aliphatic rings. The summed E-state index contributed by atoms with van der Waals surface area (Å²) in [7, 11) is 0. The lowest BCUT2D eigenvalue weighted by Gasteiger charge is -2.14. The standard InChI is InChI=1S/C17H17F3N2O2S/c1-3-24-14-7-5-4-6-13(14)22-16(23)11(2)25-15-9-8-12(10-21-15)17(18,19)20/h4-11H,3H2,1-2H3,(H,22,23). The van der Waals surface area contributed by atoms with E-state index in [4.69, 9.17) is 4.74 Å². The number of nitrogens with one attached hydrogen (secondary N) is 1. The minimum absolute atomic E-state index is 0.293. The number of carbonyl (C=O) groups is 1. The zero-order valence-electron chi connectivity index (χ0n) is 13.6. The maximum absolute atomic E-state index is 12.5. The molecular weight excluding hydrogens is 353 g/mol. The Morgan fingerprint density at radius 3 is 2.60 bits per heavy atom. The van der Waals surface area contributed by atoms with E-state index >= 15 is 0 Å². The van der Waals surface area contributed by atoms with Crippen LogP contribution in [0, 0.1) is 0 Å². The third-order valence-corrected chi connectivity index (χ3v) is 4.23. The number of para-hydroxylation sites is 2. The molecule has 1 heterocycles. The van der Waals surface area contributed by atoms with Crippen LogP contribution in [0.4, 0.5) is 18.9 Å². The van der Waals surface area contributed by atoms with Gasteiger partial charge in [-0.25, -0.2) is 4.98 Å². The van der Waals surface area contributed by atoms with Crippen LogP contribution in [-0.2, 0) is 11.0 Å². The molecule has 0 radical (unpaired) electrons. The highest BCUT2D eigenvalue weighted by Gasteiger charge is 2.30. The molecule has 0 saturated heterocycles. The zero-order valence-corrected chi connectivity index (χ0v) is 14.4. The van der Waals surface area contributed by atoms with E-state index in [-0.39, 0.29) is 5.91 Å².